The van der Waals surface area contributed by atoms with Gasteiger partial charge in [-0.15, -0.1) is 0 Å². The molecule has 17 heavy (non-hydrogen) atoms. The van der Waals surface area contributed by atoms with E-state index in [2.05, 4.69) is 5.32 Å². The van der Waals surface area contributed by atoms with Gasteiger partial charge in [0, 0.05) is 12.1 Å². The first-order valence-corrected chi connectivity index (χ1v) is 7.74. The van der Waals surface area contributed by atoms with E-state index in [4.69, 9.17) is 0 Å². The third kappa shape index (κ3) is 2.26. The summed E-state index contributed by atoms with van der Waals surface area (Å²) in [6, 6.07) is 1.12. The first-order chi connectivity index (χ1) is 8.30. The Morgan fingerprint density at radius 3 is 2.24 bits per heavy atom. The zero-order valence-corrected chi connectivity index (χ0v) is 11.0. The van der Waals surface area contributed by atoms with Crippen molar-refractivity contribution < 1.29 is 5.11 Å². The highest BCUT2D eigenvalue weighted by Crippen LogP contribution is 2.52. The van der Waals surface area contributed by atoms with Crippen molar-refractivity contribution in [2.45, 2.75) is 88.8 Å². The van der Waals surface area contributed by atoms with Gasteiger partial charge in [0.2, 0.25) is 0 Å². The van der Waals surface area contributed by atoms with E-state index in [1.54, 1.807) is 0 Å². The predicted molar refractivity (Wildman–Crippen MR) is 69.9 cm³/mol. The summed E-state index contributed by atoms with van der Waals surface area (Å²) in [6.07, 6.45) is 14.6. The van der Waals surface area contributed by atoms with Gasteiger partial charge in [-0.05, 0) is 43.9 Å². The lowest BCUT2D eigenvalue weighted by molar-refractivity contribution is -0.00614. The summed E-state index contributed by atoms with van der Waals surface area (Å²) in [5, 5.41) is 13.9. The fraction of sp³-hybridized carbons (Fsp3) is 1.00. The SMILES string of the molecule is OC1CCCCC1NC1CCC12CCCCC2. The Labute approximate surface area is 105 Å². The summed E-state index contributed by atoms with van der Waals surface area (Å²) in [5.41, 5.74) is 0.634. The molecule has 0 aromatic carbocycles. The molecule has 0 saturated heterocycles. The molecule has 1 spiro atoms. The van der Waals surface area contributed by atoms with Crippen LogP contribution in [0.3, 0.4) is 0 Å². The molecule has 98 valence electrons. The van der Waals surface area contributed by atoms with Crippen molar-refractivity contribution in [2.24, 2.45) is 5.41 Å². The van der Waals surface area contributed by atoms with Gasteiger partial charge in [0.25, 0.3) is 0 Å². The maximum absolute atomic E-state index is 10.1. The minimum atomic E-state index is -0.0787. The van der Waals surface area contributed by atoms with Crippen LogP contribution < -0.4 is 5.32 Å². The molecule has 3 saturated carbocycles. The lowest BCUT2D eigenvalue weighted by Gasteiger charge is -2.54. The molecule has 0 radical (unpaired) electrons. The Morgan fingerprint density at radius 1 is 0.824 bits per heavy atom. The molecule has 3 unspecified atom stereocenters. The van der Waals surface area contributed by atoms with Gasteiger partial charge >= 0.3 is 0 Å². The van der Waals surface area contributed by atoms with Crippen LogP contribution in [-0.2, 0) is 0 Å². The van der Waals surface area contributed by atoms with Crippen LogP contribution >= 0.6 is 0 Å². The number of nitrogens with one attached hydrogen (secondary N) is 1. The standard InChI is InChI=1S/C15H27NO/c17-13-7-3-2-6-12(13)16-14-8-11-15(14)9-4-1-5-10-15/h12-14,16-17H,1-11H2. The number of aliphatic hydroxyl groups excluding tert-OH is 1. The molecule has 0 amide bonds. The maximum Gasteiger partial charge on any atom is 0.0693 e. The second-order valence-corrected chi connectivity index (χ2v) is 6.64. The van der Waals surface area contributed by atoms with Crippen molar-refractivity contribution in [2.75, 3.05) is 0 Å². The van der Waals surface area contributed by atoms with E-state index in [9.17, 15) is 5.11 Å². The van der Waals surface area contributed by atoms with Crippen LogP contribution in [-0.4, -0.2) is 23.3 Å². The van der Waals surface area contributed by atoms with Gasteiger partial charge in [-0.25, -0.2) is 0 Å². The van der Waals surface area contributed by atoms with Crippen LogP contribution in [0.5, 0.6) is 0 Å². The van der Waals surface area contributed by atoms with Gasteiger partial charge in [0.05, 0.1) is 6.10 Å². The molecular formula is C15H27NO. The fourth-order valence-electron chi connectivity index (χ4n) is 4.38. The Balaban J connectivity index is 1.57. The van der Waals surface area contributed by atoms with Gasteiger partial charge in [0.15, 0.2) is 0 Å². The second kappa shape index (κ2) is 4.89. The normalized spacial score (nSPS) is 41.1. The Morgan fingerprint density at radius 2 is 1.59 bits per heavy atom. The summed E-state index contributed by atoms with van der Waals surface area (Å²) in [7, 11) is 0. The highest BCUT2D eigenvalue weighted by atomic mass is 16.3. The van der Waals surface area contributed by atoms with Gasteiger partial charge in [-0.1, -0.05) is 32.1 Å². The summed E-state index contributed by atoms with van der Waals surface area (Å²) in [4.78, 5) is 0. The second-order valence-electron chi connectivity index (χ2n) is 6.64. The molecule has 3 aliphatic carbocycles. The number of hydrogen-bond donors (Lipinski definition) is 2. The van der Waals surface area contributed by atoms with Crippen molar-refractivity contribution in [3.8, 4) is 0 Å². The first-order valence-electron chi connectivity index (χ1n) is 7.74. The lowest BCUT2D eigenvalue weighted by atomic mass is 9.57. The zero-order valence-electron chi connectivity index (χ0n) is 11.0. The van der Waals surface area contributed by atoms with E-state index < -0.39 is 0 Å². The molecule has 2 heteroatoms. The maximum atomic E-state index is 10.1. The lowest BCUT2D eigenvalue weighted by Crippen LogP contribution is -2.59. The Kier molecular flexibility index (Phi) is 3.45. The van der Waals surface area contributed by atoms with Crippen molar-refractivity contribution in [3.05, 3.63) is 0 Å². The van der Waals surface area contributed by atoms with Crippen molar-refractivity contribution in [3.63, 3.8) is 0 Å². The van der Waals surface area contributed by atoms with Crippen LogP contribution in [0.25, 0.3) is 0 Å². The summed E-state index contributed by atoms with van der Waals surface area (Å²) >= 11 is 0. The van der Waals surface area contributed by atoms with Crippen LogP contribution in [0, 0.1) is 5.41 Å². The predicted octanol–water partition coefficient (Wildman–Crippen LogP) is 2.99. The molecule has 0 aromatic heterocycles. The van der Waals surface area contributed by atoms with E-state index >= 15 is 0 Å². The van der Waals surface area contributed by atoms with Crippen LogP contribution in [0.2, 0.25) is 0 Å². The van der Waals surface area contributed by atoms with Crippen LogP contribution in [0.15, 0.2) is 0 Å². The minimum absolute atomic E-state index is 0.0787. The monoisotopic (exact) mass is 237 g/mol. The summed E-state index contributed by atoms with van der Waals surface area (Å²) in [5.74, 6) is 0. The van der Waals surface area contributed by atoms with Gasteiger partial charge in [-0.3, -0.25) is 0 Å². The summed E-state index contributed by atoms with van der Waals surface area (Å²) in [6.45, 7) is 0. The number of rotatable bonds is 2. The molecule has 0 aromatic rings. The molecule has 0 heterocycles. The van der Waals surface area contributed by atoms with E-state index in [1.165, 1.54) is 64.2 Å². The fourth-order valence-corrected chi connectivity index (χ4v) is 4.38. The molecule has 0 aliphatic heterocycles. The van der Waals surface area contributed by atoms with Crippen LogP contribution in [0.4, 0.5) is 0 Å². The average molecular weight is 237 g/mol. The minimum Gasteiger partial charge on any atom is -0.392 e. The highest BCUT2D eigenvalue weighted by Gasteiger charge is 2.47. The van der Waals surface area contributed by atoms with E-state index in [0.29, 0.717) is 11.5 Å². The van der Waals surface area contributed by atoms with Crippen molar-refractivity contribution >= 4 is 0 Å². The van der Waals surface area contributed by atoms with Crippen molar-refractivity contribution in [1.82, 2.24) is 5.32 Å². The third-order valence-corrected chi connectivity index (χ3v) is 5.66. The number of hydrogen-bond acceptors (Lipinski definition) is 2. The molecule has 2 N–H and O–H groups in total. The Bertz CT molecular complexity index is 260. The molecule has 3 rings (SSSR count). The van der Waals surface area contributed by atoms with Crippen LogP contribution in [0.1, 0.15) is 70.6 Å². The largest absolute Gasteiger partial charge is 0.392 e. The molecule has 3 fully saturated rings. The smallest absolute Gasteiger partial charge is 0.0693 e. The Hall–Kier alpha value is -0.0800. The van der Waals surface area contributed by atoms with Gasteiger partial charge in [0.1, 0.15) is 0 Å². The molecule has 2 nitrogen and oxygen atoms in total. The first kappa shape index (κ1) is 12.0. The van der Waals surface area contributed by atoms with Crippen molar-refractivity contribution in [1.29, 1.82) is 0 Å². The zero-order chi connectivity index (χ0) is 11.7. The topological polar surface area (TPSA) is 32.3 Å². The molecule has 0 bridgehead atoms. The summed E-state index contributed by atoms with van der Waals surface area (Å²) < 4.78 is 0. The van der Waals surface area contributed by atoms with E-state index in [-0.39, 0.29) is 6.10 Å². The van der Waals surface area contributed by atoms with Gasteiger partial charge < -0.3 is 10.4 Å². The number of aliphatic hydroxyl groups is 1. The van der Waals surface area contributed by atoms with E-state index in [1.807, 2.05) is 0 Å². The average Bonchev–Trinajstić information content (AvgIpc) is 2.37. The highest BCUT2D eigenvalue weighted by molar-refractivity contribution is 5.03. The quantitative estimate of drug-likeness (QED) is 0.774. The van der Waals surface area contributed by atoms with Gasteiger partial charge in [-0.2, -0.15) is 0 Å². The molecule has 3 aliphatic rings. The molecular weight excluding hydrogens is 210 g/mol. The van der Waals surface area contributed by atoms with E-state index in [0.717, 1.165) is 12.5 Å². The molecule has 3 atom stereocenters. The third-order valence-electron chi connectivity index (χ3n) is 5.66.